The van der Waals surface area contributed by atoms with E-state index in [1.54, 1.807) is 6.92 Å². The summed E-state index contributed by atoms with van der Waals surface area (Å²) in [5.74, 6) is 0.00804. The van der Waals surface area contributed by atoms with Crippen molar-refractivity contribution in [3.63, 3.8) is 0 Å². The second-order valence-corrected chi connectivity index (χ2v) is 5.44. The molecular weight excluding hydrogens is 323 g/mol. The van der Waals surface area contributed by atoms with Crippen LogP contribution in [-0.2, 0) is 0 Å². The SMILES string of the molecule is Cc1cc(C)n(C(=O)COc2cc(Cl)c(Cl)cc2Cl)n1. The first-order valence-corrected chi connectivity index (χ1v) is 6.85. The summed E-state index contributed by atoms with van der Waals surface area (Å²) >= 11 is 17.7. The first-order valence-electron chi connectivity index (χ1n) is 5.72. The van der Waals surface area contributed by atoms with Crippen LogP contribution in [0.1, 0.15) is 16.2 Å². The fourth-order valence-corrected chi connectivity index (χ4v) is 2.29. The molecule has 0 aliphatic carbocycles. The molecule has 0 aliphatic heterocycles. The number of aryl methyl sites for hydroxylation is 2. The molecule has 1 heterocycles. The van der Waals surface area contributed by atoms with E-state index in [1.165, 1.54) is 16.8 Å². The number of benzene rings is 1. The maximum absolute atomic E-state index is 12.0. The molecule has 0 bridgehead atoms. The fraction of sp³-hybridized carbons (Fsp3) is 0.231. The summed E-state index contributed by atoms with van der Waals surface area (Å²) in [5, 5.41) is 5.01. The summed E-state index contributed by atoms with van der Waals surface area (Å²) in [6, 6.07) is 4.75. The number of ether oxygens (including phenoxy) is 1. The van der Waals surface area contributed by atoms with Crippen LogP contribution >= 0.6 is 34.8 Å². The van der Waals surface area contributed by atoms with Gasteiger partial charge in [-0.2, -0.15) is 5.10 Å². The van der Waals surface area contributed by atoms with Crippen molar-refractivity contribution in [2.75, 3.05) is 6.61 Å². The number of carbonyl (C=O) groups excluding carboxylic acids is 1. The van der Waals surface area contributed by atoms with Crippen molar-refractivity contribution < 1.29 is 9.53 Å². The van der Waals surface area contributed by atoms with Crippen LogP contribution in [0, 0.1) is 13.8 Å². The van der Waals surface area contributed by atoms with Gasteiger partial charge in [0.2, 0.25) is 0 Å². The van der Waals surface area contributed by atoms with Crippen molar-refractivity contribution in [2.24, 2.45) is 0 Å². The van der Waals surface area contributed by atoms with E-state index in [0.717, 1.165) is 11.4 Å². The van der Waals surface area contributed by atoms with Gasteiger partial charge in [-0.1, -0.05) is 34.8 Å². The van der Waals surface area contributed by atoms with E-state index < -0.39 is 0 Å². The molecule has 0 aliphatic rings. The van der Waals surface area contributed by atoms with Crippen molar-refractivity contribution in [1.29, 1.82) is 0 Å². The van der Waals surface area contributed by atoms with Gasteiger partial charge in [0, 0.05) is 11.8 Å². The maximum atomic E-state index is 12.0. The van der Waals surface area contributed by atoms with E-state index >= 15 is 0 Å². The predicted octanol–water partition coefficient (Wildman–Crippen LogP) is 4.18. The second kappa shape index (κ2) is 6.04. The molecule has 0 atom stereocenters. The summed E-state index contributed by atoms with van der Waals surface area (Å²) in [5.41, 5.74) is 1.51. The molecule has 0 fully saturated rings. The lowest BCUT2D eigenvalue weighted by Crippen LogP contribution is -2.21. The van der Waals surface area contributed by atoms with Crippen LogP contribution < -0.4 is 4.74 Å². The van der Waals surface area contributed by atoms with Gasteiger partial charge in [-0.15, -0.1) is 0 Å². The lowest BCUT2D eigenvalue weighted by molar-refractivity contribution is 0.0818. The van der Waals surface area contributed by atoms with Crippen LogP contribution in [-0.4, -0.2) is 22.3 Å². The highest BCUT2D eigenvalue weighted by molar-refractivity contribution is 6.43. The van der Waals surface area contributed by atoms with Gasteiger partial charge in [0.15, 0.2) is 6.61 Å². The molecule has 0 unspecified atom stereocenters. The summed E-state index contributed by atoms with van der Waals surface area (Å²) in [6.45, 7) is 3.41. The average Bonchev–Trinajstić information content (AvgIpc) is 2.71. The van der Waals surface area contributed by atoms with Gasteiger partial charge in [0.25, 0.3) is 5.91 Å². The minimum absolute atomic E-state index is 0.195. The van der Waals surface area contributed by atoms with Gasteiger partial charge in [-0.25, -0.2) is 4.68 Å². The van der Waals surface area contributed by atoms with Gasteiger partial charge in [-0.05, 0) is 26.0 Å². The van der Waals surface area contributed by atoms with Gasteiger partial charge < -0.3 is 4.74 Å². The number of carbonyl (C=O) groups is 1. The predicted molar refractivity (Wildman–Crippen MR) is 79.3 cm³/mol. The Morgan fingerprint density at radius 1 is 1.15 bits per heavy atom. The molecule has 1 aromatic carbocycles. The quantitative estimate of drug-likeness (QED) is 0.791. The highest BCUT2D eigenvalue weighted by Gasteiger charge is 2.13. The van der Waals surface area contributed by atoms with Crippen molar-refractivity contribution in [3.05, 3.63) is 44.7 Å². The minimum Gasteiger partial charge on any atom is -0.482 e. The maximum Gasteiger partial charge on any atom is 0.284 e. The molecule has 7 heteroatoms. The van der Waals surface area contributed by atoms with Crippen molar-refractivity contribution in [1.82, 2.24) is 9.78 Å². The van der Waals surface area contributed by atoms with Crippen LogP contribution in [0.5, 0.6) is 5.75 Å². The molecule has 0 spiro atoms. The molecule has 0 amide bonds. The number of nitrogens with zero attached hydrogens (tertiary/aromatic N) is 2. The van der Waals surface area contributed by atoms with E-state index in [1.807, 2.05) is 13.0 Å². The van der Waals surface area contributed by atoms with E-state index in [2.05, 4.69) is 5.10 Å². The monoisotopic (exact) mass is 332 g/mol. The number of hydrogen-bond donors (Lipinski definition) is 0. The zero-order chi connectivity index (χ0) is 14.9. The summed E-state index contributed by atoms with van der Waals surface area (Å²) < 4.78 is 6.66. The number of aromatic nitrogens is 2. The number of rotatable bonds is 3. The Labute approximate surface area is 131 Å². The van der Waals surface area contributed by atoms with E-state index in [9.17, 15) is 4.79 Å². The van der Waals surface area contributed by atoms with Gasteiger partial charge in [0.1, 0.15) is 5.75 Å². The molecule has 1 aromatic heterocycles. The first kappa shape index (κ1) is 15.2. The Bertz CT molecular complexity index is 668. The van der Waals surface area contributed by atoms with Crippen LogP contribution in [0.4, 0.5) is 0 Å². The van der Waals surface area contributed by atoms with Crippen molar-refractivity contribution >= 4 is 40.7 Å². The Morgan fingerprint density at radius 3 is 2.40 bits per heavy atom. The van der Waals surface area contributed by atoms with Crippen molar-refractivity contribution in [2.45, 2.75) is 13.8 Å². The molecule has 2 rings (SSSR count). The van der Waals surface area contributed by atoms with Crippen molar-refractivity contribution in [3.8, 4) is 5.75 Å². The summed E-state index contributed by atoms with van der Waals surface area (Å²) in [7, 11) is 0. The van der Waals surface area contributed by atoms with Crippen LogP contribution in [0.25, 0.3) is 0 Å². The van der Waals surface area contributed by atoms with E-state index in [-0.39, 0.29) is 12.5 Å². The molecule has 0 saturated carbocycles. The molecule has 20 heavy (non-hydrogen) atoms. The average molecular weight is 334 g/mol. The van der Waals surface area contributed by atoms with Gasteiger partial charge in [-0.3, -0.25) is 4.79 Å². The minimum atomic E-state index is -0.294. The Hall–Kier alpha value is -1.23. The van der Waals surface area contributed by atoms with Crippen LogP contribution in [0.3, 0.4) is 0 Å². The third-order valence-electron chi connectivity index (χ3n) is 2.57. The standard InChI is InChI=1S/C13H11Cl3N2O2/c1-7-3-8(2)18(17-7)13(19)6-20-12-5-10(15)9(14)4-11(12)16/h3-5H,6H2,1-2H3. The highest BCUT2D eigenvalue weighted by Crippen LogP contribution is 2.33. The lowest BCUT2D eigenvalue weighted by atomic mass is 10.3. The first-order chi connectivity index (χ1) is 9.38. The van der Waals surface area contributed by atoms with E-state index in [4.69, 9.17) is 39.5 Å². The Morgan fingerprint density at radius 2 is 1.80 bits per heavy atom. The molecule has 106 valence electrons. The Kier molecular flexibility index (Phi) is 4.58. The summed E-state index contributed by atoms with van der Waals surface area (Å²) in [6.07, 6.45) is 0. The van der Waals surface area contributed by atoms with Crippen LogP contribution in [0.2, 0.25) is 15.1 Å². The zero-order valence-electron chi connectivity index (χ0n) is 10.8. The molecule has 4 nitrogen and oxygen atoms in total. The lowest BCUT2D eigenvalue weighted by Gasteiger charge is -2.09. The topological polar surface area (TPSA) is 44.1 Å². The van der Waals surface area contributed by atoms with Crippen LogP contribution in [0.15, 0.2) is 18.2 Å². The Balaban J connectivity index is 2.11. The third-order valence-corrected chi connectivity index (χ3v) is 3.59. The molecule has 0 radical (unpaired) electrons. The second-order valence-electron chi connectivity index (χ2n) is 4.22. The third kappa shape index (κ3) is 3.26. The number of halogens is 3. The normalized spacial score (nSPS) is 10.7. The molecule has 0 saturated heterocycles. The smallest absolute Gasteiger partial charge is 0.284 e. The largest absolute Gasteiger partial charge is 0.482 e. The fourth-order valence-electron chi connectivity index (χ4n) is 1.70. The summed E-state index contributed by atoms with van der Waals surface area (Å²) in [4.78, 5) is 12.0. The molecule has 0 N–H and O–H groups in total. The number of hydrogen-bond acceptors (Lipinski definition) is 3. The highest BCUT2D eigenvalue weighted by atomic mass is 35.5. The molecular formula is C13H11Cl3N2O2. The van der Waals surface area contributed by atoms with Gasteiger partial charge in [0.05, 0.1) is 20.8 Å². The molecule has 2 aromatic rings. The zero-order valence-corrected chi connectivity index (χ0v) is 13.1. The van der Waals surface area contributed by atoms with E-state index in [0.29, 0.717) is 20.8 Å². The van der Waals surface area contributed by atoms with Gasteiger partial charge >= 0.3 is 0 Å².